The summed E-state index contributed by atoms with van der Waals surface area (Å²) in [5.74, 6) is 0.864. The van der Waals surface area contributed by atoms with Crippen LogP contribution in [0.4, 0.5) is 0 Å². The largest absolute Gasteiger partial charge is 0.380 e. The SMILES string of the molecule is CCNC(=NCc1ccc(COC)cc1)NCC(C)N1CCOCC1. The van der Waals surface area contributed by atoms with Crippen LogP contribution in [0.15, 0.2) is 29.3 Å². The average Bonchev–Trinajstić information content (AvgIpc) is 2.66. The van der Waals surface area contributed by atoms with Gasteiger partial charge in [0.15, 0.2) is 5.96 Å². The van der Waals surface area contributed by atoms with Crippen molar-refractivity contribution >= 4 is 5.96 Å². The molecule has 0 bridgehead atoms. The first-order valence-electron chi connectivity index (χ1n) is 9.13. The van der Waals surface area contributed by atoms with E-state index in [9.17, 15) is 0 Å². The minimum absolute atomic E-state index is 0.459. The number of nitrogens with zero attached hydrogens (tertiary/aromatic N) is 2. The van der Waals surface area contributed by atoms with Crippen LogP contribution in [0.5, 0.6) is 0 Å². The quantitative estimate of drug-likeness (QED) is 0.552. The van der Waals surface area contributed by atoms with E-state index in [1.54, 1.807) is 7.11 Å². The van der Waals surface area contributed by atoms with Gasteiger partial charge in [-0.2, -0.15) is 0 Å². The Morgan fingerprint density at radius 2 is 1.88 bits per heavy atom. The third kappa shape index (κ3) is 7.02. The zero-order valence-corrected chi connectivity index (χ0v) is 15.8. The second-order valence-electron chi connectivity index (χ2n) is 6.32. The van der Waals surface area contributed by atoms with Crippen LogP contribution in [0.25, 0.3) is 0 Å². The highest BCUT2D eigenvalue weighted by Crippen LogP contribution is 2.07. The van der Waals surface area contributed by atoms with Gasteiger partial charge in [0.2, 0.25) is 0 Å². The monoisotopic (exact) mass is 348 g/mol. The molecule has 1 atom stereocenters. The molecule has 0 saturated carbocycles. The maximum atomic E-state index is 5.42. The van der Waals surface area contributed by atoms with Gasteiger partial charge in [-0.3, -0.25) is 4.90 Å². The molecule has 25 heavy (non-hydrogen) atoms. The number of benzene rings is 1. The van der Waals surface area contributed by atoms with Crippen LogP contribution in [-0.2, 0) is 22.6 Å². The highest BCUT2D eigenvalue weighted by Gasteiger charge is 2.16. The molecule has 0 radical (unpaired) electrons. The van der Waals surface area contributed by atoms with Crippen molar-refractivity contribution in [2.24, 2.45) is 4.99 Å². The molecule has 2 rings (SSSR count). The number of rotatable bonds is 8. The number of ether oxygens (including phenoxy) is 2. The van der Waals surface area contributed by atoms with E-state index in [2.05, 4.69) is 53.6 Å². The van der Waals surface area contributed by atoms with Crippen molar-refractivity contribution in [3.63, 3.8) is 0 Å². The normalized spacial score (nSPS) is 17.3. The van der Waals surface area contributed by atoms with E-state index >= 15 is 0 Å². The molecular weight excluding hydrogens is 316 g/mol. The molecule has 1 saturated heterocycles. The molecule has 6 nitrogen and oxygen atoms in total. The topological polar surface area (TPSA) is 58.1 Å². The predicted octanol–water partition coefficient (Wildman–Crippen LogP) is 1.61. The zero-order chi connectivity index (χ0) is 17.9. The molecule has 0 amide bonds. The lowest BCUT2D eigenvalue weighted by atomic mass is 10.1. The fourth-order valence-corrected chi connectivity index (χ4v) is 2.81. The van der Waals surface area contributed by atoms with Crippen LogP contribution in [0, 0.1) is 0 Å². The second-order valence-corrected chi connectivity index (χ2v) is 6.32. The lowest BCUT2D eigenvalue weighted by Crippen LogP contribution is -2.49. The van der Waals surface area contributed by atoms with Gasteiger partial charge in [0.25, 0.3) is 0 Å². The molecule has 1 heterocycles. The van der Waals surface area contributed by atoms with Crippen molar-refractivity contribution < 1.29 is 9.47 Å². The number of methoxy groups -OCH3 is 1. The van der Waals surface area contributed by atoms with Crippen molar-refractivity contribution in [1.82, 2.24) is 15.5 Å². The molecule has 140 valence electrons. The maximum absolute atomic E-state index is 5.42. The molecule has 6 heteroatoms. The summed E-state index contributed by atoms with van der Waals surface area (Å²) in [6.45, 7) is 11.0. The Balaban J connectivity index is 1.84. The maximum Gasteiger partial charge on any atom is 0.191 e. The highest BCUT2D eigenvalue weighted by molar-refractivity contribution is 5.79. The van der Waals surface area contributed by atoms with Gasteiger partial charge in [-0.25, -0.2) is 4.99 Å². The van der Waals surface area contributed by atoms with Crippen LogP contribution < -0.4 is 10.6 Å². The fourth-order valence-electron chi connectivity index (χ4n) is 2.81. The number of hydrogen-bond donors (Lipinski definition) is 2. The molecule has 1 aromatic rings. The summed E-state index contributed by atoms with van der Waals surface area (Å²) in [6.07, 6.45) is 0. The fraction of sp³-hybridized carbons (Fsp3) is 0.632. The summed E-state index contributed by atoms with van der Waals surface area (Å²) in [7, 11) is 1.71. The van der Waals surface area contributed by atoms with Crippen molar-refractivity contribution in [3.05, 3.63) is 35.4 Å². The lowest BCUT2D eigenvalue weighted by Gasteiger charge is -2.32. The Morgan fingerprint density at radius 1 is 1.20 bits per heavy atom. The Bertz CT molecular complexity index is 513. The van der Waals surface area contributed by atoms with Gasteiger partial charge in [-0.15, -0.1) is 0 Å². The van der Waals surface area contributed by atoms with E-state index in [0.29, 0.717) is 19.2 Å². The van der Waals surface area contributed by atoms with E-state index in [1.807, 2.05) is 0 Å². The molecule has 1 fully saturated rings. The van der Waals surface area contributed by atoms with Crippen molar-refractivity contribution in [2.75, 3.05) is 46.5 Å². The minimum Gasteiger partial charge on any atom is -0.380 e. The summed E-state index contributed by atoms with van der Waals surface area (Å²) in [5, 5.41) is 6.77. The molecule has 1 unspecified atom stereocenters. The highest BCUT2D eigenvalue weighted by atomic mass is 16.5. The number of guanidine groups is 1. The molecule has 1 aliphatic rings. The number of aliphatic imine (C=N–C) groups is 1. The van der Waals surface area contributed by atoms with Crippen molar-refractivity contribution in [3.8, 4) is 0 Å². The van der Waals surface area contributed by atoms with E-state index in [-0.39, 0.29) is 0 Å². The van der Waals surface area contributed by atoms with Crippen LogP contribution in [0.1, 0.15) is 25.0 Å². The molecule has 2 N–H and O–H groups in total. The van der Waals surface area contributed by atoms with Gasteiger partial charge in [0, 0.05) is 39.3 Å². The van der Waals surface area contributed by atoms with Gasteiger partial charge in [-0.05, 0) is 25.0 Å². The van der Waals surface area contributed by atoms with Crippen LogP contribution in [0.3, 0.4) is 0 Å². The van der Waals surface area contributed by atoms with Crippen LogP contribution in [0.2, 0.25) is 0 Å². The van der Waals surface area contributed by atoms with E-state index in [0.717, 1.165) is 45.4 Å². The molecule has 0 aliphatic carbocycles. The van der Waals surface area contributed by atoms with E-state index in [1.165, 1.54) is 11.1 Å². The van der Waals surface area contributed by atoms with Crippen molar-refractivity contribution in [1.29, 1.82) is 0 Å². The zero-order valence-electron chi connectivity index (χ0n) is 15.8. The third-order valence-electron chi connectivity index (χ3n) is 4.33. The predicted molar refractivity (Wildman–Crippen MR) is 102 cm³/mol. The summed E-state index contributed by atoms with van der Waals surface area (Å²) >= 11 is 0. The number of nitrogens with one attached hydrogen (secondary N) is 2. The number of hydrogen-bond acceptors (Lipinski definition) is 4. The van der Waals surface area contributed by atoms with Crippen molar-refractivity contribution in [2.45, 2.75) is 33.0 Å². The first-order valence-corrected chi connectivity index (χ1v) is 9.13. The first kappa shape index (κ1) is 19.7. The Labute approximate surface area is 151 Å². The number of morpholine rings is 1. The summed E-state index contributed by atoms with van der Waals surface area (Å²) < 4.78 is 10.6. The van der Waals surface area contributed by atoms with Gasteiger partial charge in [0.05, 0.1) is 26.4 Å². The Hall–Kier alpha value is -1.63. The second kappa shape index (κ2) is 11.1. The average molecular weight is 348 g/mol. The van der Waals surface area contributed by atoms with Crippen LogP contribution in [-0.4, -0.2) is 63.4 Å². The smallest absolute Gasteiger partial charge is 0.191 e. The third-order valence-corrected chi connectivity index (χ3v) is 4.33. The first-order chi connectivity index (χ1) is 12.2. The van der Waals surface area contributed by atoms with E-state index < -0.39 is 0 Å². The standard InChI is InChI=1S/C19H32N4O2/c1-4-20-19(21-13-16(2)23-9-11-25-12-10-23)22-14-17-5-7-18(8-6-17)15-24-3/h5-8,16H,4,9-15H2,1-3H3,(H2,20,21,22). The summed E-state index contributed by atoms with van der Waals surface area (Å²) in [5.41, 5.74) is 2.37. The molecule has 1 aliphatic heterocycles. The Morgan fingerprint density at radius 3 is 2.52 bits per heavy atom. The van der Waals surface area contributed by atoms with Crippen LogP contribution >= 0.6 is 0 Å². The lowest BCUT2D eigenvalue weighted by molar-refractivity contribution is 0.0211. The summed E-state index contributed by atoms with van der Waals surface area (Å²) in [6, 6.07) is 8.86. The molecular formula is C19H32N4O2. The summed E-state index contributed by atoms with van der Waals surface area (Å²) in [4.78, 5) is 7.15. The molecule has 1 aromatic carbocycles. The van der Waals surface area contributed by atoms with Gasteiger partial charge in [0.1, 0.15) is 0 Å². The minimum atomic E-state index is 0.459. The molecule has 0 spiro atoms. The van der Waals surface area contributed by atoms with Gasteiger partial charge < -0.3 is 20.1 Å². The Kier molecular flexibility index (Phi) is 8.72. The van der Waals surface area contributed by atoms with Gasteiger partial charge in [-0.1, -0.05) is 24.3 Å². The van der Waals surface area contributed by atoms with Gasteiger partial charge >= 0.3 is 0 Å². The van der Waals surface area contributed by atoms with E-state index in [4.69, 9.17) is 14.5 Å². The molecule has 0 aromatic heterocycles.